The number of hydrogen-bond acceptors (Lipinski definition) is 4. The lowest BCUT2D eigenvalue weighted by Gasteiger charge is -2.29. The van der Waals surface area contributed by atoms with Crippen LogP contribution in [-0.2, 0) is 6.54 Å². The minimum atomic E-state index is 0.197. The Hall–Kier alpha value is -2.97. The molecule has 30 heavy (non-hydrogen) atoms. The largest absolute Gasteiger partial charge is 0.497 e. The SMILES string of the molecule is COc1ccc(C[NH+]2CC[NH+](CC(=O)c3cc(C)n(-c4ncn[nH]4)c3C)CC2)cc1. The van der Waals surface area contributed by atoms with Crippen molar-refractivity contribution < 1.29 is 19.3 Å². The van der Waals surface area contributed by atoms with Crippen molar-refractivity contribution in [2.75, 3.05) is 39.8 Å². The van der Waals surface area contributed by atoms with Crippen molar-refractivity contribution in [2.45, 2.75) is 20.4 Å². The zero-order chi connectivity index (χ0) is 21.1. The summed E-state index contributed by atoms with van der Waals surface area (Å²) >= 11 is 0. The standard InChI is InChI=1S/C22H28N6O2/c1-16-12-20(17(2)28(16)22-23-15-24-25-22)21(29)14-27-10-8-26(9-11-27)13-18-4-6-19(30-3)7-5-18/h4-7,12,15H,8-11,13-14H2,1-3H3,(H,23,24,25)/p+2. The number of ketones is 1. The number of H-pyrrole nitrogens is 1. The number of quaternary nitrogens is 2. The van der Waals surface area contributed by atoms with Gasteiger partial charge in [-0.2, -0.15) is 10.1 Å². The Labute approximate surface area is 176 Å². The molecule has 1 aromatic carbocycles. The fourth-order valence-corrected chi connectivity index (χ4v) is 4.34. The van der Waals surface area contributed by atoms with Gasteiger partial charge in [-0.05, 0) is 44.2 Å². The second kappa shape index (κ2) is 8.81. The van der Waals surface area contributed by atoms with E-state index in [1.807, 2.05) is 36.6 Å². The number of methoxy groups -OCH3 is 1. The third-order valence-electron chi connectivity index (χ3n) is 6.03. The molecule has 0 saturated carbocycles. The smallest absolute Gasteiger partial charge is 0.229 e. The number of aryl methyl sites for hydroxylation is 1. The van der Waals surface area contributed by atoms with Gasteiger partial charge in [0.1, 0.15) is 51.3 Å². The van der Waals surface area contributed by atoms with Gasteiger partial charge >= 0.3 is 0 Å². The van der Waals surface area contributed by atoms with E-state index in [-0.39, 0.29) is 5.78 Å². The quantitative estimate of drug-likeness (QED) is 0.454. The Morgan fingerprint density at radius 1 is 1.13 bits per heavy atom. The van der Waals surface area contributed by atoms with Crippen molar-refractivity contribution in [2.24, 2.45) is 0 Å². The number of carbonyl (C=O) groups is 1. The molecule has 3 N–H and O–H groups in total. The van der Waals surface area contributed by atoms with E-state index in [0.717, 1.165) is 55.4 Å². The molecule has 158 valence electrons. The molecule has 2 aromatic heterocycles. The molecule has 4 rings (SSSR count). The van der Waals surface area contributed by atoms with Crippen LogP contribution in [0.3, 0.4) is 0 Å². The van der Waals surface area contributed by atoms with Gasteiger partial charge in [0.25, 0.3) is 0 Å². The summed E-state index contributed by atoms with van der Waals surface area (Å²) in [5.41, 5.74) is 4.00. The van der Waals surface area contributed by atoms with Crippen molar-refractivity contribution >= 4 is 5.78 Å². The number of rotatable bonds is 7. The van der Waals surface area contributed by atoms with Gasteiger partial charge in [0.05, 0.1) is 7.11 Å². The maximum absolute atomic E-state index is 13.0. The van der Waals surface area contributed by atoms with E-state index < -0.39 is 0 Å². The molecule has 3 aromatic rings. The average molecular weight is 411 g/mol. The van der Waals surface area contributed by atoms with Crippen LogP contribution in [0.2, 0.25) is 0 Å². The summed E-state index contributed by atoms with van der Waals surface area (Å²) in [7, 11) is 1.69. The van der Waals surface area contributed by atoms with Crippen molar-refractivity contribution in [1.82, 2.24) is 19.7 Å². The van der Waals surface area contributed by atoms with E-state index in [9.17, 15) is 4.79 Å². The molecular formula is C22H30N6O2+2. The third kappa shape index (κ3) is 4.29. The van der Waals surface area contributed by atoms with Crippen LogP contribution in [0.25, 0.3) is 5.95 Å². The molecule has 0 radical (unpaired) electrons. The molecular weight excluding hydrogens is 380 g/mol. The van der Waals surface area contributed by atoms with Crippen LogP contribution in [-0.4, -0.2) is 65.4 Å². The van der Waals surface area contributed by atoms with Gasteiger partial charge in [-0.1, -0.05) is 0 Å². The van der Waals surface area contributed by atoms with E-state index in [1.54, 1.807) is 12.0 Å². The number of carbonyl (C=O) groups excluding carboxylic acids is 1. The normalized spacial score (nSPS) is 19.0. The molecule has 0 spiro atoms. The molecule has 0 atom stereocenters. The van der Waals surface area contributed by atoms with Crippen LogP contribution >= 0.6 is 0 Å². The first kappa shape index (κ1) is 20.3. The van der Waals surface area contributed by atoms with Gasteiger partial charge < -0.3 is 14.5 Å². The molecule has 0 bridgehead atoms. The van der Waals surface area contributed by atoms with Gasteiger partial charge in [-0.3, -0.25) is 9.36 Å². The highest BCUT2D eigenvalue weighted by Gasteiger charge is 2.27. The number of aromatic nitrogens is 4. The Balaban J connectivity index is 1.33. The number of aromatic amines is 1. The molecule has 8 nitrogen and oxygen atoms in total. The van der Waals surface area contributed by atoms with Crippen LogP contribution in [0.15, 0.2) is 36.7 Å². The summed E-state index contributed by atoms with van der Waals surface area (Å²) in [5.74, 6) is 1.74. The van der Waals surface area contributed by atoms with Crippen LogP contribution in [0.1, 0.15) is 27.3 Å². The van der Waals surface area contributed by atoms with Gasteiger partial charge in [-0.15, -0.1) is 0 Å². The first-order chi connectivity index (χ1) is 14.5. The number of ether oxygens (including phenoxy) is 1. The van der Waals surface area contributed by atoms with Crippen LogP contribution in [0, 0.1) is 13.8 Å². The first-order valence-electron chi connectivity index (χ1n) is 10.4. The maximum Gasteiger partial charge on any atom is 0.229 e. The lowest BCUT2D eigenvalue weighted by Crippen LogP contribution is -3.27. The predicted molar refractivity (Wildman–Crippen MR) is 112 cm³/mol. The zero-order valence-corrected chi connectivity index (χ0v) is 17.9. The summed E-state index contributed by atoms with van der Waals surface area (Å²) in [4.78, 5) is 20.2. The van der Waals surface area contributed by atoms with Gasteiger partial charge in [0.2, 0.25) is 11.7 Å². The minimum Gasteiger partial charge on any atom is -0.497 e. The fraction of sp³-hybridized carbons (Fsp3) is 0.409. The summed E-state index contributed by atoms with van der Waals surface area (Å²) in [6.07, 6.45) is 1.48. The molecule has 1 saturated heterocycles. The number of hydrogen-bond donors (Lipinski definition) is 3. The Morgan fingerprint density at radius 3 is 2.47 bits per heavy atom. The molecule has 0 amide bonds. The molecule has 1 aliphatic rings. The Morgan fingerprint density at radius 2 is 1.83 bits per heavy atom. The molecule has 1 aliphatic heterocycles. The number of benzene rings is 1. The van der Waals surface area contributed by atoms with E-state index >= 15 is 0 Å². The fourth-order valence-electron chi connectivity index (χ4n) is 4.34. The molecule has 1 fully saturated rings. The summed E-state index contributed by atoms with van der Waals surface area (Å²) < 4.78 is 7.18. The summed E-state index contributed by atoms with van der Waals surface area (Å²) in [6.45, 7) is 9.68. The molecule has 0 unspecified atom stereocenters. The highest BCUT2D eigenvalue weighted by atomic mass is 16.5. The van der Waals surface area contributed by atoms with E-state index in [2.05, 4.69) is 27.3 Å². The lowest BCUT2D eigenvalue weighted by molar-refractivity contribution is -1.01. The summed E-state index contributed by atoms with van der Waals surface area (Å²) in [5, 5.41) is 6.80. The second-order valence-corrected chi connectivity index (χ2v) is 8.05. The van der Waals surface area contributed by atoms with Crippen molar-refractivity contribution in [3.05, 3.63) is 59.2 Å². The molecule has 3 heterocycles. The number of piperazine rings is 1. The van der Waals surface area contributed by atoms with Crippen molar-refractivity contribution in [3.8, 4) is 11.7 Å². The Kier molecular flexibility index (Phi) is 5.96. The van der Waals surface area contributed by atoms with Gasteiger partial charge in [0.15, 0.2) is 0 Å². The number of nitrogens with zero attached hydrogens (tertiary/aromatic N) is 3. The van der Waals surface area contributed by atoms with E-state index in [0.29, 0.717) is 12.5 Å². The van der Waals surface area contributed by atoms with Crippen molar-refractivity contribution in [1.29, 1.82) is 0 Å². The topological polar surface area (TPSA) is 81.7 Å². The van der Waals surface area contributed by atoms with Crippen LogP contribution in [0.5, 0.6) is 5.75 Å². The average Bonchev–Trinajstić information content (AvgIpc) is 3.37. The van der Waals surface area contributed by atoms with Crippen LogP contribution < -0.4 is 14.5 Å². The van der Waals surface area contributed by atoms with Crippen LogP contribution in [0.4, 0.5) is 0 Å². The second-order valence-electron chi connectivity index (χ2n) is 8.05. The zero-order valence-electron chi connectivity index (χ0n) is 17.9. The maximum atomic E-state index is 13.0. The molecule has 0 aliphatic carbocycles. The Bertz CT molecular complexity index is 986. The predicted octanol–water partition coefficient (Wildman–Crippen LogP) is -0.613. The van der Waals surface area contributed by atoms with E-state index in [1.165, 1.54) is 16.8 Å². The minimum absolute atomic E-state index is 0.197. The summed E-state index contributed by atoms with van der Waals surface area (Å²) in [6, 6.07) is 10.3. The number of nitrogens with one attached hydrogen (secondary N) is 3. The first-order valence-corrected chi connectivity index (χ1v) is 10.4. The monoisotopic (exact) mass is 410 g/mol. The van der Waals surface area contributed by atoms with Crippen molar-refractivity contribution in [3.63, 3.8) is 0 Å². The van der Waals surface area contributed by atoms with E-state index in [4.69, 9.17) is 4.74 Å². The highest BCUT2D eigenvalue weighted by molar-refractivity contribution is 5.98. The lowest BCUT2D eigenvalue weighted by atomic mass is 10.1. The molecule has 8 heteroatoms. The third-order valence-corrected chi connectivity index (χ3v) is 6.03. The van der Waals surface area contributed by atoms with Gasteiger partial charge in [-0.25, -0.2) is 5.10 Å². The highest BCUT2D eigenvalue weighted by Crippen LogP contribution is 2.18. The van der Waals surface area contributed by atoms with Gasteiger partial charge in [0, 0.05) is 22.5 Å². The number of Topliss-reactive ketones (excluding diaryl/α,β-unsaturated/α-hetero) is 1.